The zero-order chi connectivity index (χ0) is 20.4. The van der Waals surface area contributed by atoms with Crippen LogP contribution in [0.4, 0.5) is 0 Å². The summed E-state index contributed by atoms with van der Waals surface area (Å²) in [5, 5.41) is 0. The van der Waals surface area contributed by atoms with Gasteiger partial charge in [0.2, 0.25) is 11.8 Å². The second-order valence-electron chi connectivity index (χ2n) is 6.84. The first-order valence-electron chi connectivity index (χ1n) is 9.67. The zero-order valence-electron chi connectivity index (χ0n) is 17.0. The summed E-state index contributed by atoms with van der Waals surface area (Å²) >= 11 is 0. The van der Waals surface area contributed by atoms with E-state index in [9.17, 15) is 9.59 Å². The lowest BCUT2D eigenvalue weighted by Crippen LogP contribution is -2.47. The zero-order valence-corrected chi connectivity index (χ0v) is 17.0. The number of hydrogen-bond acceptors (Lipinski definition) is 4. The molecule has 0 aliphatic carbocycles. The summed E-state index contributed by atoms with van der Waals surface area (Å²) in [6, 6.07) is 13.7. The minimum atomic E-state index is -0.175. The van der Waals surface area contributed by atoms with E-state index >= 15 is 0 Å². The van der Waals surface area contributed by atoms with Gasteiger partial charge in [0.05, 0.1) is 12.8 Å². The van der Waals surface area contributed by atoms with Gasteiger partial charge in [0.25, 0.3) is 0 Å². The Balaban J connectivity index is 2.10. The molecule has 152 valence electrons. The van der Waals surface area contributed by atoms with Crippen molar-refractivity contribution < 1.29 is 18.7 Å². The van der Waals surface area contributed by atoms with Crippen LogP contribution in [0.1, 0.15) is 31.6 Å². The van der Waals surface area contributed by atoms with Gasteiger partial charge in [-0.2, -0.15) is 0 Å². The van der Waals surface area contributed by atoms with Crippen LogP contribution in [0.2, 0.25) is 0 Å². The van der Waals surface area contributed by atoms with Crippen LogP contribution in [0, 0.1) is 0 Å². The third kappa shape index (κ3) is 6.53. The van der Waals surface area contributed by atoms with Crippen LogP contribution in [0.15, 0.2) is 53.1 Å². The molecule has 0 bridgehead atoms. The Hall–Kier alpha value is -2.60. The predicted octanol–water partition coefficient (Wildman–Crippen LogP) is 3.12. The third-order valence-corrected chi connectivity index (χ3v) is 4.81. The van der Waals surface area contributed by atoms with Crippen molar-refractivity contribution in [3.05, 3.63) is 60.1 Å². The Morgan fingerprint density at radius 3 is 2.46 bits per heavy atom. The summed E-state index contributed by atoms with van der Waals surface area (Å²) in [6.07, 6.45) is 3.11. The molecule has 0 N–H and O–H groups in total. The fraction of sp³-hybridized carbons (Fsp3) is 0.455. The molecule has 0 saturated carbocycles. The highest BCUT2D eigenvalue weighted by atomic mass is 16.5. The number of benzene rings is 1. The number of amides is 2. The number of hydrogen-bond donors (Lipinski definition) is 0. The Morgan fingerprint density at radius 1 is 1.11 bits per heavy atom. The normalized spacial score (nSPS) is 11.8. The third-order valence-electron chi connectivity index (χ3n) is 4.81. The Morgan fingerprint density at radius 2 is 1.86 bits per heavy atom. The van der Waals surface area contributed by atoms with Crippen molar-refractivity contribution in [2.24, 2.45) is 0 Å². The van der Waals surface area contributed by atoms with Crippen LogP contribution in [0.3, 0.4) is 0 Å². The molecule has 0 radical (unpaired) electrons. The predicted molar refractivity (Wildman–Crippen MR) is 108 cm³/mol. The lowest BCUT2D eigenvalue weighted by Gasteiger charge is -2.31. The van der Waals surface area contributed by atoms with Gasteiger partial charge in [-0.25, -0.2) is 0 Å². The van der Waals surface area contributed by atoms with E-state index < -0.39 is 0 Å². The first-order chi connectivity index (χ1) is 13.5. The van der Waals surface area contributed by atoms with Crippen LogP contribution >= 0.6 is 0 Å². The molecule has 28 heavy (non-hydrogen) atoms. The van der Waals surface area contributed by atoms with E-state index in [4.69, 9.17) is 9.15 Å². The number of furan rings is 1. The second kappa shape index (κ2) is 11.3. The highest BCUT2D eigenvalue weighted by Crippen LogP contribution is 2.11. The molecule has 0 unspecified atom stereocenters. The Labute approximate surface area is 167 Å². The summed E-state index contributed by atoms with van der Waals surface area (Å²) < 4.78 is 10.4. The quantitative estimate of drug-likeness (QED) is 0.595. The lowest BCUT2D eigenvalue weighted by atomic mass is 10.1. The monoisotopic (exact) mass is 386 g/mol. The molecule has 6 nitrogen and oxygen atoms in total. The molecule has 2 aromatic rings. The van der Waals surface area contributed by atoms with Gasteiger partial charge in [-0.1, -0.05) is 37.3 Å². The highest BCUT2D eigenvalue weighted by Gasteiger charge is 2.25. The standard InChI is InChI=1S/C22H30N2O4/c1-4-18(2)24(22(26)17-27-3)16-21(25)23(15-20-11-8-14-28-20)13-12-19-9-6-5-7-10-19/h5-11,14,18H,4,12-13,15-17H2,1-3H3/t18-/m0/s1. The molecule has 6 heteroatoms. The average molecular weight is 386 g/mol. The molecule has 0 spiro atoms. The summed E-state index contributed by atoms with van der Waals surface area (Å²) in [4.78, 5) is 28.8. The maximum absolute atomic E-state index is 13.1. The largest absolute Gasteiger partial charge is 0.467 e. The van der Waals surface area contributed by atoms with E-state index in [1.54, 1.807) is 16.1 Å². The number of ether oxygens (including phenoxy) is 1. The molecule has 0 aliphatic heterocycles. The van der Waals surface area contributed by atoms with Gasteiger partial charge in [0, 0.05) is 19.7 Å². The van der Waals surface area contributed by atoms with Gasteiger partial charge in [-0.05, 0) is 37.5 Å². The van der Waals surface area contributed by atoms with Crippen LogP contribution in [0.5, 0.6) is 0 Å². The topological polar surface area (TPSA) is 63.0 Å². The van der Waals surface area contributed by atoms with Crippen molar-refractivity contribution in [3.8, 4) is 0 Å². The lowest BCUT2D eigenvalue weighted by molar-refractivity contribution is -0.145. The van der Waals surface area contributed by atoms with Gasteiger partial charge in [-0.15, -0.1) is 0 Å². The smallest absolute Gasteiger partial charge is 0.249 e. The van der Waals surface area contributed by atoms with E-state index in [0.717, 1.165) is 24.2 Å². The average Bonchev–Trinajstić information content (AvgIpc) is 3.22. The number of carbonyl (C=O) groups excluding carboxylic acids is 2. The number of methoxy groups -OCH3 is 1. The van der Waals surface area contributed by atoms with E-state index in [0.29, 0.717) is 13.1 Å². The maximum Gasteiger partial charge on any atom is 0.249 e. The molecular weight excluding hydrogens is 356 g/mol. The van der Waals surface area contributed by atoms with Gasteiger partial charge < -0.3 is 19.0 Å². The van der Waals surface area contributed by atoms with Crippen LogP contribution in [0.25, 0.3) is 0 Å². The van der Waals surface area contributed by atoms with Crippen molar-refractivity contribution in [1.29, 1.82) is 0 Å². The van der Waals surface area contributed by atoms with Gasteiger partial charge in [0.15, 0.2) is 0 Å². The first kappa shape index (κ1) is 21.7. The minimum absolute atomic E-state index is 0.0280. The van der Waals surface area contributed by atoms with Crippen molar-refractivity contribution in [2.45, 2.75) is 39.3 Å². The van der Waals surface area contributed by atoms with Crippen LogP contribution < -0.4 is 0 Å². The Kier molecular flexibility index (Phi) is 8.75. The van der Waals surface area contributed by atoms with E-state index in [-0.39, 0.29) is 31.0 Å². The number of carbonyl (C=O) groups is 2. The van der Waals surface area contributed by atoms with Crippen molar-refractivity contribution in [2.75, 3.05) is 26.8 Å². The number of nitrogens with zero attached hydrogens (tertiary/aromatic N) is 2. The molecule has 2 amide bonds. The van der Waals surface area contributed by atoms with Crippen molar-refractivity contribution >= 4 is 11.8 Å². The number of rotatable bonds is 11. The first-order valence-corrected chi connectivity index (χ1v) is 9.67. The summed E-state index contributed by atoms with van der Waals surface area (Å²) in [5.41, 5.74) is 1.16. The molecule has 1 heterocycles. The summed E-state index contributed by atoms with van der Waals surface area (Å²) in [7, 11) is 1.48. The molecule has 1 aromatic carbocycles. The van der Waals surface area contributed by atoms with Crippen LogP contribution in [-0.4, -0.2) is 54.5 Å². The van der Waals surface area contributed by atoms with Gasteiger partial charge in [-0.3, -0.25) is 9.59 Å². The van der Waals surface area contributed by atoms with E-state index in [2.05, 4.69) is 0 Å². The van der Waals surface area contributed by atoms with Crippen LogP contribution in [-0.2, 0) is 27.3 Å². The molecular formula is C22H30N2O4. The molecule has 1 atom stereocenters. The van der Waals surface area contributed by atoms with Gasteiger partial charge >= 0.3 is 0 Å². The fourth-order valence-corrected chi connectivity index (χ4v) is 2.95. The molecule has 0 aliphatic rings. The van der Waals surface area contributed by atoms with E-state index in [1.807, 2.05) is 56.3 Å². The molecule has 0 saturated heterocycles. The van der Waals surface area contributed by atoms with Crippen molar-refractivity contribution in [3.63, 3.8) is 0 Å². The minimum Gasteiger partial charge on any atom is -0.467 e. The van der Waals surface area contributed by atoms with Gasteiger partial charge in [0.1, 0.15) is 18.9 Å². The fourth-order valence-electron chi connectivity index (χ4n) is 2.95. The SMILES string of the molecule is CC[C@H](C)N(CC(=O)N(CCc1ccccc1)Cc1ccco1)C(=O)COC. The summed E-state index contributed by atoms with van der Waals surface area (Å²) in [5.74, 6) is 0.447. The molecule has 0 fully saturated rings. The molecule has 2 rings (SSSR count). The summed E-state index contributed by atoms with van der Waals surface area (Å²) in [6.45, 7) is 4.88. The Bertz CT molecular complexity index is 715. The van der Waals surface area contributed by atoms with E-state index in [1.165, 1.54) is 7.11 Å². The maximum atomic E-state index is 13.1. The second-order valence-corrected chi connectivity index (χ2v) is 6.84. The highest BCUT2D eigenvalue weighted by molar-refractivity contribution is 5.85. The molecule has 1 aromatic heterocycles. The van der Waals surface area contributed by atoms with Crippen molar-refractivity contribution in [1.82, 2.24) is 9.80 Å².